The first kappa shape index (κ1) is 12.9. The van der Waals surface area contributed by atoms with E-state index in [1.54, 1.807) is 0 Å². The van der Waals surface area contributed by atoms with Crippen LogP contribution in [0, 0.1) is 12.8 Å². The quantitative estimate of drug-likeness (QED) is 0.885. The lowest BCUT2D eigenvalue weighted by atomic mass is 9.98. The van der Waals surface area contributed by atoms with Gasteiger partial charge in [-0.05, 0) is 42.5 Å². The molecule has 2 heteroatoms. The van der Waals surface area contributed by atoms with Crippen LogP contribution in [0.15, 0.2) is 40.8 Å². The van der Waals surface area contributed by atoms with E-state index in [0.717, 1.165) is 17.7 Å². The fourth-order valence-corrected chi connectivity index (χ4v) is 2.13. The fourth-order valence-electron chi connectivity index (χ4n) is 2.13. The van der Waals surface area contributed by atoms with E-state index in [1.807, 2.05) is 31.2 Å². The summed E-state index contributed by atoms with van der Waals surface area (Å²) in [7, 11) is 0. The van der Waals surface area contributed by atoms with Crippen molar-refractivity contribution in [1.82, 2.24) is 0 Å². The van der Waals surface area contributed by atoms with Crippen molar-refractivity contribution in [3.05, 3.63) is 59.0 Å². The highest BCUT2D eigenvalue weighted by Crippen LogP contribution is 2.24. The maximum Gasteiger partial charge on any atom is 0.137 e. The fraction of sp³-hybridized carbons (Fsp3) is 0.375. The molecule has 0 saturated carbocycles. The molecular formula is C16H20O2. The third kappa shape index (κ3) is 3.02. The second kappa shape index (κ2) is 5.40. The van der Waals surface area contributed by atoms with E-state index in [2.05, 4.69) is 26.0 Å². The highest BCUT2D eigenvalue weighted by Gasteiger charge is 2.14. The number of hydrogen-bond donors (Lipinski definition) is 1. The van der Waals surface area contributed by atoms with Gasteiger partial charge < -0.3 is 9.52 Å². The molecule has 0 aliphatic rings. The standard InChI is InChI=1S/C16H20O2/c1-11(2)9-13-5-4-6-14(10-13)16(17)15-8-7-12(3)18-15/h4-8,10-11,16-17H,9H2,1-3H3. The zero-order valence-corrected chi connectivity index (χ0v) is 11.2. The Morgan fingerprint density at radius 1 is 1.17 bits per heavy atom. The number of aliphatic hydroxyl groups excluding tert-OH is 1. The van der Waals surface area contributed by atoms with Crippen LogP contribution < -0.4 is 0 Å². The van der Waals surface area contributed by atoms with Gasteiger partial charge in [0, 0.05) is 0 Å². The Morgan fingerprint density at radius 3 is 2.56 bits per heavy atom. The van der Waals surface area contributed by atoms with E-state index in [-0.39, 0.29) is 0 Å². The monoisotopic (exact) mass is 244 g/mol. The van der Waals surface area contributed by atoms with Gasteiger partial charge in [-0.25, -0.2) is 0 Å². The Morgan fingerprint density at radius 2 is 1.94 bits per heavy atom. The third-order valence-electron chi connectivity index (χ3n) is 2.94. The van der Waals surface area contributed by atoms with Crippen molar-refractivity contribution >= 4 is 0 Å². The lowest BCUT2D eigenvalue weighted by Gasteiger charge is -2.11. The zero-order chi connectivity index (χ0) is 13.1. The van der Waals surface area contributed by atoms with Gasteiger partial charge in [0.15, 0.2) is 0 Å². The summed E-state index contributed by atoms with van der Waals surface area (Å²) in [6, 6.07) is 11.8. The average molecular weight is 244 g/mol. The molecule has 1 heterocycles. The Balaban J connectivity index is 2.22. The number of aryl methyl sites for hydroxylation is 1. The van der Waals surface area contributed by atoms with Gasteiger partial charge in [0.25, 0.3) is 0 Å². The molecule has 2 aromatic rings. The molecule has 1 N–H and O–H groups in total. The number of rotatable bonds is 4. The van der Waals surface area contributed by atoms with E-state index in [4.69, 9.17) is 4.42 Å². The molecule has 2 nitrogen and oxygen atoms in total. The lowest BCUT2D eigenvalue weighted by molar-refractivity contribution is 0.187. The number of furan rings is 1. The van der Waals surface area contributed by atoms with E-state index in [1.165, 1.54) is 5.56 Å². The molecule has 96 valence electrons. The summed E-state index contributed by atoms with van der Waals surface area (Å²) in [5.74, 6) is 2.04. The SMILES string of the molecule is Cc1ccc(C(O)c2cccc(CC(C)C)c2)o1. The van der Waals surface area contributed by atoms with Crippen LogP contribution in [-0.2, 0) is 6.42 Å². The predicted molar refractivity (Wildman–Crippen MR) is 72.5 cm³/mol. The molecule has 0 saturated heterocycles. The molecule has 1 unspecified atom stereocenters. The molecule has 0 aliphatic heterocycles. The highest BCUT2D eigenvalue weighted by atomic mass is 16.4. The second-order valence-corrected chi connectivity index (χ2v) is 5.19. The van der Waals surface area contributed by atoms with Gasteiger partial charge in [0.2, 0.25) is 0 Å². The van der Waals surface area contributed by atoms with Crippen LogP contribution in [0.4, 0.5) is 0 Å². The van der Waals surface area contributed by atoms with Gasteiger partial charge in [0.05, 0.1) is 0 Å². The van der Waals surface area contributed by atoms with Crippen LogP contribution in [0.2, 0.25) is 0 Å². The number of benzene rings is 1. The Kier molecular flexibility index (Phi) is 3.87. The molecule has 0 amide bonds. The smallest absolute Gasteiger partial charge is 0.137 e. The van der Waals surface area contributed by atoms with Crippen molar-refractivity contribution in [2.75, 3.05) is 0 Å². The van der Waals surface area contributed by atoms with E-state index < -0.39 is 6.10 Å². The molecule has 0 spiro atoms. The molecular weight excluding hydrogens is 224 g/mol. The zero-order valence-electron chi connectivity index (χ0n) is 11.2. The van der Waals surface area contributed by atoms with Crippen molar-refractivity contribution in [2.45, 2.75) is 33.3 Å². The van der Waals surface area contributed by atoms with Crippen LogP contribution >= 0.6 is 0 Å². The van der Waals surface area contributed by atoms with Crippen LogP contribution in [0.25, 0.3) is 0 Å². The second-order valence-electron chi connectivity index (χ2n) is 5.19. The van der Waals surface area contributed by atoms with Crippen LogP contribution in [0.3, 0.4) is 0 Å². The van der Waals surface area contributed by atoms with Crippen molar-refractivity contribution < 1.29 is 9.52 Å². The maximum atomic E-state index is 10.3. The Bertz CT molecular complexity index is 511. The first-order valence-electron chi connectivity index (χ1n) is 6.39. The van der Waals surface area contributed by atoms with Crippen molar-refractivity contribution in [3.63, 3.8) is 0 Å². The summed E-state index contributed by atoms with van der Waals surface area (Å²) in [5.41, 5.74) is 2.15. The van der Waals surface area contributed by atoms with Gasteiger partial charge in [-0.2, -0.15) is 0 Å². The summed E-state index contributed by atoms with van der Waals surface area (Å²) in [6.45, 7) is 6.27. The van der Waals surface area contributed by atoms with Crippen molar-refractivity contribution in [1.29, 1.82) is 0 Å². The van der Waals surface area contributed by atoms with E-state index >= 15 is 0 Å². The first-order valence-corrected chi connectivity index (χ1v) is 6.39. The molecule has 1 atom stereocenters. The maximum absolute atomic E-state index is 10.3. The third-order valence-corrected chi connectivity index (χ3v) is 2.94. The Hall–Kier alpha value is -1.54. The summed E-state index contributed by atoms with van der Waals surface area (Å²) < 4.78 is 5.47. The minimum absolute atomic E-state index is 0.606. The summed E-state index contributed by atoms with van der Waals surface area (Å²) in [5, 5.41) is 10.3. The summed E-state index contributed by atoms with van der Waals surface area (Å²) >= 11 is 0. The van der Waals surface area contributed by atoms with E-state index in [0.29, 0.717) is 11.7 Å². The molecule has 0 fully saturated rings. The molecule has 0 radical (unpaired) electrons. The van der Waals surface area contributed by atoms with Gasteiger partial charge in [-0.1, -0.05) is 38.1 Å². The average Bonchev–Trinajstić information content (AvgIpc) is 2.74. The van der Waals surface area contributed by atoms with Crippen molar-refractivity contribution in [3.8, 4) is 0 Å². The van der Waals surface area contributed by atoms with E-state index in [9.17, 15) is 5.11 Å². The number of hydrogen-bond acceptors (Lipinski definition) is 2. The minimum atomic E-state index is -0.675. The van der Waals surface area contributed by atoms with Gasteiger partial charge in [-0.15, -0.1) is 0 Å². The molecule has 2 rings (SSSR count). The summed E-state index contributed by atoms with van der Waals surface area (Å²) in [6.07, 6.45) is 0.350. The normalized spacial score (nSPS) is 12.9. The molecule has 0 aliphatic carbocycles. The highest BCUT2D eigenvalue weighted by molar-refractivity contribution is 5.29. The Labute approximate surface area is 108 Å². The summed E-state index contributed by atoms with van der Waals surface area (Å²) in [4.78, 5) is 0. The van der Waals surface area contributed by atoms with Gasteiger partial charge >= 0.3 is 0 Å². The van der Waals surface area contributed by atoms with Crippen molar-refractivity contribution in [2.24, 2.45) is 5.92 Å². The molecule has 1 aromatic heterocycles. The van der Waals surface area contributed by atoms with Crippen LogP contribution in [0.5, 0.6) is 0 Å². The molecule has 1 aromatic carbocycles. The van der Waals surface area contributed by atoms with Gasteiger partial charge in [-0.3, -0.25) is 0 Å². The predicted octanol–water partition coefficient (Wildman–Crippen LogP) is 3.87. The van der Waals surface area contributed by atoms with Gasteiger partial charge in [0.1, 0.15) is 17.6 Å². The minimum Gasteiger partial charge on any atom is -0.463 e. The molecule has 0 bridgehead atoms. The van der Waals surface area contributed by atoms with Crippen LogP contribution in [-0.4, -0.2) is 5.11 Å². The lowest BCUT2D eigenvalue weighted by Crippen LogP contribution is -2.00. The first-order chi connectivity index (χ1) is 8.56. The number of aliphatic hydroxyl groups is 1. The molecule has 18 heavy (non-hydrogen) atoms. The topological polar surface area (TPSA) is 33.4 Å². The van der Waals surface area contributed by atoms with Crippen LogP contribution in [0.1, 0.15) is 42.6 Å². The largest absolute Gasteiger partial charge is 0.463 e.